The van der Waals surface area contributed by atoms with E-state index in [1.165, 1.54) is 28.1 Å². The molecule has 0 aliphatic heterocycles. The Kier molecular flexibility index (Phi) is 5.65. The van der Waals surface area contributed by atoms with E-state index in [9.17, 15) is 0 Å². The first-order valence-corrected chi connectivity index (χ1v) is 7.71. The molecular formula is C18H19N2SY-. The summed E-state index contributed by atoms with van der Waals surface area (Å²) in [5, 5.41) is 1.06. The molecular weight excluding hydrogens is 365 g/mol. The molecule has 0 saturated heterocycles. The molecule has 0 amide bonds. The van der Waals surface area contributed by atoms with Gasteiger partial charge in [0.25, 0.3) is 0 Å². The molecule has 2 heterocycles. The van der Waals surface area contributed by atoms with Crippen molar-refractivity contribution in [1.82, 2.24) is 9.55 Å². The van der Waals surface area contributed by atoms with Crippen molar-refractivity contribution in [3.8, 4) is 16.4 Å². The van der Waals surface area contributed by atoms with E-state index in [0.29, 0.717) is 0 Å². The Morgan fingerprint density at radius 3 is 2.68 bits per heavy atom. The van der Waals surface area contributed by atoms with Crippen molar-refractivity contribution in [1.29, 1.82) is 0 Å². The van der Waals surface area contributed by atoms with E-state index in [2.05, 4.69) is 42.1 Å². The third kappa shape index (κ3) is 3.08. The van der Waals surface area contributed by atoms with Crippen molar-refractivity contribution in [3.05, 3.63) is 65.7 Å². The summed E-state index contributed by atoms with van der Waals surface area (Å²) in [6.07, 6.45) is 7.54. The van der Waals surface area contributed by atoms with E-state index in [1.54, 1.807) is 0 Å². The normalized spacial score (nSPS) is 12.4. The molecule has 1 radical (unpaired) electrons. The second-order valence-corrected chi connectivity index (χ2v) is 6.27. The number of fused-ring (bicyclic) bond motifs is 3. The Balaban J connectivity index is 0.000000882. The third-order valence-electron chi connectivity index (χ3n) is 3.79. The number of aryl methyl sites for hydroxylation is 2. The molecule has 1 aliphatic carbocycles. The second kappa shape index (κ2) is 7.12. The Morgan fingerprint density at radius 1 is 1.14 bits per heavy atom. The van der Waals surface area contributed by atoms with Gasteiger partial charge in [0.15, 0.2) is 5.13 Å². The minimum Gasteiger partial charge on any atom is -0.300 e. The minimum atomic E-state index is 0. The number of hydrogen-bond donors (Lipinski definition) is 0. The van der Waals surface area contributed by atoms with Gasteiger partial charge in [0.2, 0.25) is 0 Å². The molecule has 0 fully saturated rings. The Hall–Kier alpha value is -0.896. The summed E-state index contributed by atoms with van der Waals surface area (Å²) in [4.78, 5) is 6.29. The second-order valence-electron chi connectivity index (χ2n) is 5.20. The van der Waals surface area contributed by atoms with Gasteiger partial charge in [-0.3, -0.25) is 0 Å². The van der Waals surface area contributed by atoms with Crippen LogP contribution < -0.4 is 0 Å². The van der Waals surface area contributed by atoms with Crippen LogP contribution in [0, 0.1) is 6.92 Å². The van der Waals surface area contributed by atoms with Gasteiger partial charge in [0, 0.05) is 50.0 Å². The number of thiazole rings is 1. The van der Waals surface area contributed by atoms with Crippen LogP contribution in [-0.4, -0.2) is 9.55 Å². The Bertz CT molecular complexity index is 759. The molecule has 4 rings (SSSR count). The summed E-state index contributed by atoms with van der Waals surface area (Å²) < 4.78 is 2.09. The summed E-state index contributed by atoms with van der Waals surface area (Å²) >= 11 is 1.81. The van der Waals surface area contributed by atoms with Crippen LogP contribution in [-0.2, 0) is 45.6 Å². The molecule has 1 aromatic carbocycles. The summed E-state index contributed by atoms with van der Waals surface area (Å²) in [5.74, 6) is 0. The van der Waals surface area contributed by atoms with Gasteiger partial charge in [-0.05, 0) is 37.0 Å². The van der Waals surface area contributed by atoms with Gasteiger partial charge in [0.1, 0.15) is 0 Å². The Morgan fingerprint density at radius 2 is 1.91 bits per heavy atom. The molecule has 0 N–H and O–H groups in total. The van der Waals surface area contributed by atoms with Crippen molar-refractivity contribution in [2.75, 3.05) is 0 Å². The van der Waals surface area contributed by atoms with Crippen LogP contribution in [0.3, 0.4) is 0 Å². The molecule has 4 heteroatoms. The van der Waals surface area contributed by atoms with Crippen molar-refractivity contribution in [2.45, 2.75) is 26.7 Å². The molecule has 1 aliphatic rings. The van der Waals surface area contributed by atoms with Crippen LogP contribution >= 0.6 is 11.3 Å². The quantitative estimate of drug-likeness (QED) is 0.546. The molecule has 0 saturated carbocycles. The molecule has 3 aromatic rings. The van der Waals surface area contributed by atoms with Gasteiger partial charge in [-0.1, -0.05) is 13.0 Å². The summed E-state index contributed by atoms with van der Waals surface area (Å²) in [6, 6.07) is 10.5. The van der Waals surface area contributed by atoms with Gasteiger partial charge in [-0.15, -0.1) is 17.4 Å². The van der Waals surface area contributed by atoms with Crippen LogP contribution in [0.5, 0.6) is 0 Å². The molecule has 2 aromatic heterocycles. The van der Waals surface area contributed by atoms with Crippen molar-refractivity contribution in [2.24, 2.45) is 0 Å². The van der Waals surface area contributed by atoms with Crippen LogP contribution in [0.1, 0.15) is 29.9 Å². The first-order chi connectivity index (χ1) is 9.81. The van der Waals surface area contributed by atoms with E-state index < -0.39 is 0 Å². The molecule has 2 nitrogen and oxygen atoms in total. The van der Waals surface area contributed by atoms with Crippen LogP contribution in [0.2, 0.25) is 0 Å². The summed E-state index contributed by atoms with van der Waals surface area (Å²) in [6.45, 7) is 4.04. The van der Waals surface area contributed by atoms with E-state index in [4.69, 9.17) is 4.98 Å². The molecule has 0 bridgehead atoms. The van der Waals surface area contributed by atoms with Crippen molar-refractivity contribution >= 4 is 11.3 Å². The fourth-order valence-corrected chi connectivity index (χ4v) is 3.90. The van der Waals surface area contributed by atoms with Crippen molar-refractivity contribution < 1.29 is 32.7 Å². The molecule has 0 atom stereocenters. The van der Waals surface area contributed by atoms with Crippen LogP contribution in [0.4, 0.5) is 0 Å². The maximum Gasteiger partial charge on any atom is 0.194 e. The summed E-state index contributed by atoms with van der Waals surface area (Å²) in [5.41, 5.74) is 4.94. The van der Waals surface area contributed by atoms with Crippen LogP contribution in [0.15, 0.2) is 42.7 Å². The first kappa shape index (κ1) is 17.5. The van der Waals surface area contributed by atoms with Gasteiger partial charge >= 0.3 is 0 Å². The fraction of sp³-hybridized carbons (Fsp3) is 0.222. The maximum absolute atomic E-state index is 4.89. The number of nitrogens with zero attached hydrogens (tertiary/aromatic N) is 2. The third-order valence-corrected chi connectivity index (χ3v) is 4.91. The average Bonchev–Trinajstić information content (AvgIpc) is 3.06. The number of hydrogen-bond acceptors (Lipinski definition) is 2. The smallest absolute Gasteiger partial charge is 0.194 e. The van der Waals surface area contributed by atoms with E-state index in [-0.39, 0.29) is 40.1 Å². The zero-order valence-corrected chi connectivity index (χ0v) is 15.4. The predicted molar refractivity (Wildman–Crippen MR) is 90.1 cm³/mol. The molecule has 0 unspecified atom stereocenters. The van der Waals surface area contributed by atoms with E-state index in [1.807, 2.05) is 23.5 Å². The maximum atomic E-state index is 4.89. The molecule has 111 valence electrons. The topological polar surface area (TPSA) is 17.8 Å². The fourth-order valence-electron chi connectivity index (χ4n) is 2.82. The average molecular weight is 384 g/mol. The zero-order chi connectivity index (χ0) is 13.5. The number of aromatic nitrogens is 2. The minimum absolute atomic E-state index is 0. The standard InChI is InChI=1S/C17H15N2S.CH4.Y/c1-12-7-8-14-13(11-12)5-4-6-15-16(14)18-17(20-15)19-9-2-3-10-19;;/h2-3,7-11H,1,4-6H2;1H4;/q-1;;. The van der Waals surface area contributed by atoms with E-state index >= 15 is 0 Å². The van der Waals surface area contributed by atoms with Crippen molar-refractivity contribution in [3.63, 3.8) is 0 Å². The largest absolute Gasteiger partial charge is 0.300 e. The van der Waals surface area contributed by atoms with Gasteiger partial charge in [-0.2, -0.15) is 24.6 Å². The first-order valence-electron chi connectivity index (χ1n) is 6.89. The molecule has 22 heavy (non-hydrogen) atoms. The zero-order valence-electron chi connectivity index (χ0n) is 11.7. The molecule has 0 spiro atoms. The number of rotatable bonds is 1. The van der Waals surface area contributed by atoms with E-state index in [0.717, 1.165) is 23.5 Å². The summed E-state index contributed by atoms with van der Waals surface area (Å²) in [7, 11) is 0. The van der Waals surface area contributed by atoms with Gasteiger partial charge < -0.3 is 4.57 Å². The van der Waals surface area contributed by atoms with Gasteiger partial charge in [0.05, 0.1) is 5.69 Å². The monoisotopic (exact) mass is 384 g/mol. The SMILES string of the molecule is C.[CH2-]c1ccc2c(c1)CCCc1sc(-n3cccc3)nc1-2.[Y]. The van der Waals surface area contributed by atoms with Gasteiger partial charge in [-0.25, -0.2) is 4.98 Å². The number of benzene rings is 1. The van der Waals surface area contributed by atoms with Crippen LogP contribution in [0.25, 0.3) is 16.4 Å². The predicted octanol–water partition coefficient (Wildman–Crippen LogP) is 4.91. The Labute approximate surface area is 161 Å².